The summed E-state index contributed by atoms with van der Waals surface area (Å²) in [5.41, 5.74) is 1.34. The van der Waals surface area contributed by atoms with Gasteiger partial charge in [-0.25, -0.2) is 0 Å². The summed E-state index contributed by atoms with van der Waals surface area (Å²) in [5.74, 6) is 0.287. The van der Waals surface area contributed by atoms with E-state index in [1.54, 1.807) is 18.2 Å². The maximum Gasteiger partial charge on any atom is 0.277 e. The maximum atomic E-state index is 12.0. The standard InChI is InChI=1S/C16H10BrCl2N3O2S/c17-10-3-1-9(2-4-10)15-21-22-16(24-15)25-8-14(23)20-13-6-11(18)5-12(19)7-13/h1-7H,8H2,(H,20,23). The molecule has 0 fully saturated rings. The molecule has 0 spiro atoms. The molecule has 1 amide bonds. The molecule has 0 saturated heterocycles. The lowest BCUT2D eigenvalue weighted by Gasteiger charge is -2.05. The lowest BCUT2D eigenvalue weighted by atomic mass is 10.2. The monoisotopic (exact) mass is 457 g/mol. The second kappa shape index (κ2) is 8.23. The van der Waals surface area contributed by atoms with Crippen molar-refractivity contribution in [2.45, 2.75) is 5.22 Å². The van der Waals surface area contributed by atoms with Crippen LogP contribution >= 0.6 is 50.9 Å². The van der Waals surface area contributed by atoms with Crippen molar-refractivity contribution in [3.63, 3.8) is 0 Å². The van der Waals surface area contributed by atoms with Gasteiger partial charge >= 0.3 is 0 Å². The quantitative estimate of drug-likeness (QED) is 0.508. The van der Waals surface area contributed by atoms with Gasteiger partial charge < -0.3 is 9.73 Å². The largest absolute Gasteiger partial charge is 0.411 e. The fraction of sp³-hybridized carbons (Fsp3) is 0.0625. The molecule has 9 heteroatoms. The minimum Gasteiger partial charge on any atom is -0.411 e. The molecule has 128 valence electrons. The first kappa shape index (κ1) is 18.3. The van der Waals surface area contributed by atoms with Crippen LogP contribution in [0.25, 0.3) is 11.5 Å². The average molecular weight is 459 g/mol. The van der Waals surface area contributed by atoms with Crippen LogP contribution in [-0.4, -0.2) is 21.9 Å². The Morgan fingerprint density at radius 3 is 2.48 bits per heavy atom. The van der Waals surface area contributed by atoms with Crippen LogP contribution in [0, 0.1) is 0 Å². The summed E-state index contributed by atoms with van der Waals surface area (Å²) < 4.78 is 6.51. The van der Waals surface area contributed by atoms with Crippen LogP contribution in [0.4, 0.5) is 5.69 Å². The van der Waals surface area contributed by atoms with E-state index >= 15 is 0 Å². The SMILES string of the molecule is O=C(CSc1nnc(-c2ccc(Br)cc2)o1)Nc1cc(Cl)cc(Cl)c1. The third kappa shape index (κ3) is 5.22. The predicted molar refractivity (Wildman–Crippen MR) is 103 cm³/mol. The highest BCUT2D eigenvalue weighted by Gasteiger charge is 2.12. The van der Waals surface area contributed by atoms with Crippen molar-refractivity contribution in [2.75, 3.05) is 11.1 Å². The van der Waals surface area contributed by atoms with Crippen molar-refractivity contribution in [1.82, 2.24) is 10.2 Å². The molecule has 0 radical (unpaired) electrons. The molecular formula is C16H10BrCl2N3O2S. The molecule has 0 bridgehead atoms. The third-order valence-corrected chi connectivity index (χ3v) is 4.75. The molecule has 25 heavy (non-hydrogen) atoms. The number of nitrogens with one attached hydrogen (secondary N) is 1. The van der Waals surface area contributed by atoms with Crippen LogP contribution in [-0.2, 0) is 4.79 Å². The molecule has 3 aromatic rings. The zero-order chi connectivity index (χ0) is 17.8. The van der Waals surface area contributed by atoms with Crippen LogP contribution in [0.5, 0.6) is 0 Å². The van der Waals surface area contributed by atoms with Crippen LogP contribution < -0.4 is 5.32 Å². The topological polar surface area (TPSA) is 68.0 Å². The van der Waals surface area contributed by atoms with Crippen LogP contribution in [0.2, 0.25) is 10.0 Å². The Morgan fingerprint density at radius 2 is 1.80 bits per heavy atom. The summed E-state index contributed by atoms with van der Waals surface area (Å²) in [6.45, 7) is 0. The van der Waals surface area contributed by atoms with Gasteiger partial charge in [0.1, 0.15) is 0 Å². The molecule has 0 aliphatic heterocycles. The molecule has 1 N–H and O–H groups in total. The summed E-state index contributed by atoms with van der Waals surface area (Å²) >= 11 is 16.3. The van der Waals surface area contributed by atoms with E-state index < -0.39 is 0 Å². The number of amides is 1. The minimum atomic E-state index is -0.230. The first-order valence-electron chi connectivity index (χ1n) is 6.98. The van der Waals surface area contributed by atoms with Gasteiger partial charge in [0.05, 0.1) is 5.75 Å². The molecule has 0 aliphatic carbocycles. The Kier molecular flexibility index (Phi) is 6.01. The molecule has 2 aromatic carbocycles. The normalized spacial score (nSPS) is 10.7. The number of benzene rings is 2. The molecule has 1 aromatic heterocycles. The average Bonchev–Trinajstić information content (AvgIpc) is 3.01. The third-order valence-electron chi connectivity index (χ3n) is 2.97. The van der Waals surface area contributed by atoms with Gasteiger partial charge in [-0.15, -0.1) is 10.2 Å². The van der Waals surface area contributed by atoms with E-state index in [4.69, 9.17) is 27.6 Å². The zero-order valence-electron chi connectivity index (χ0n) is 12.5. The maximum absolute atomic E-state index is 12.0. The Labute approximate surface area is 166 Å². The van der Waals surface area contributed by atoms with E-state index in [2.05, 4.69) is 31.4 Å². The highest BCUT2D eigenvalue weighted by atomic mass is 79.9. The van der Waals surface area contributed by atoms with Gasteiger partial charge in [0, 0.05) is 25.8 Å². The van der Waals surface area contributed by atoms with Crippen molar-refractivity contribution < 1.29 is 9.21 Å². The van der Waals surface area contributed by atoms with Gasteiger partial charge in [-0.05, 0) is 42.5 Å². The van der Waals surface area contributed by atoms with Crippen molar-refractivity contribution in [1.29, 1.82) is 0 Å². The number of hydrogen-bond acceptors (Lipinski definition) is 5. The number of halogens is 3. The number of carbonyl (C=O) groups excluding carboxylic acids is 1. The molecule has 0 aliphatic rings. The summed E-state index contributed by atoms with van der Waals surface area (Å²) in [7, 11) is 0. The number of aromatic nitrogens is 2. The van der Waals surface area contributed by atoms with Crippen LogP contribution in [0.3, 0.4) is 0 Å². The summed E-state index contributed by atoms with van der Waals surface area (Å²) in [5, 5.41) is 11.8. The predicted octanol–water partition coefficient (Wildman–Crippen LogP) is 5.54. The number of hydrogen-bond donors (Lipinski definition) is 1. The Morgan fingerprint density at radius 1 is 1.12 bits per heavy atom. The number of thioether (sulfide) groups is 1. The molecule has 5 nitrogen and oxygen atoms in total. The highest BCUT2D eigenvalue weighted by molar-refractivity contribution is 9.10. The van der Waals surface area contributed by atoms with Crippen LogP contribution in [0.1, 0.15) is 0 Å². The number of rotatable bonds is 5. The van der Waals surface area contributed by atoms with Gasteiger partial charge in [-0.2, -0.15) is 0 Å². The molecule has 0 saturated carbocycles. The van der Waals surface area contributed by atoms with E-state index in [1.165, 1.54) is 0 Å². The first-order chi connectivity index (χ1) is 12.0. The van der Waals surface area contributed by atoms with Gasteiger partial charge in [0.2, 0.25) is 11.8 Å². The molecule has 0 unspecified atom stereocenters. The second-order valence-electron chi connectivity index (χ2n) is 4.87. The van der Waals surface area contributed by atoms with E-state index in [9.17, 15) is 4.79 Å². The van der Waals surface area contributed by atoms with E-state index in [1.807, 2.05) is 24.3 Å². The number of anilines is 1. The number of carbonyl (C=O) groups is 1. The fourth-order valence-electron chi connectivity index (χ4n) is 1.93. The van der Waals surface area contributed by atoms with Gasteiger partial charge in [-0.3, -0.25) is 4.79 Å². The lowest BCUT2D eigenvalue weighted by molar-refractivity contribution is -0.113. The first-order valence-corrected chi connectivity index (χ1v) is 9.51. The fourth-order valence-corrected chi connectivity index (χ4v) is 3.28. The summed E-state index contributed by atoms with van der Waals surface area (Å²) in [4.78, 5) is 12.0. The summed E-state index contributed by atoms with van der Waals surface area (Å²) in [6, 6.07) is 12.3. The van der Waals surface area contributed by atoms with Crippen molar-refractivity contribution in [3.05, 3.63) is 57.0 Å². The van der Waals surface area contributed by atoms with Gasteiger partial charge in [-0.1, -0.05) is 50.9 Å². The Bertz CT molecular complexity index is 882. The summed E-state index contributed by atoms with van der Waals surface area (Å²) in [6.07, 6.45) is 0. The smallest absolute Gasteiger partial charge is 0.277 e. The number of nitrogens with zero attached hydrogens (tertiary/aromatic N) is 2. The Balaban J connectivity index is 1.58. The minimum absolute atomic E-state index is 0.117. The molecular weight excluding hydrogens is 449 g/mol. The molecule has 1 heterocycles. The molecule has 0 atom stereocenters. The van der Waals surface area contributed by atoms with Crippen molar-refractivity contribution >= 4 is 62.5 Å². The van der Waals surface area contributed by atoms with E-state index in [0.29, 0.717) is 26.8 Å². The second-order valence-corrected chi connectivity index (χ2v) is 7.59. The lowest BCUT2D eigenvalue weighted by Crippen LogP contribution is -2.13. The van der Waals surface area contributed by atoms with Gasteiger partial charge in [0.25, 0.3) is 5.22 Å². The molecule has 3 rings (SSSR count). The Hall–Kier alpha value is -1.54. The van der Waals surface area contributed by atoms with Gasteiger partial charge in [0.15, 0.2) is 0 Å². The van der Waals surface area contributed by atoms with Crippen LogP contribution in [0.15, 0.2) is 56.6 Å². The van der Waals surface area contributed by atoms with Crippen molar-refractivity contribution in [3.8, 4) is 11.5 Å². The van der Waals surface area contributed by atoms with E-state index in [0.717, 1.165) is 21.8 Å². The highest BCUT2D eigenvalue weighted by Crippen LogP contribution is 2.25. The van der Waals surface area contributed by atoms with E-state index in [-0.39, 0.29) is 11.7 Å². The zero-order valence-corrected chi connectivity index (χ0v) is 16.4. The van der Waals surface area contributed by atoms with Crippen molar-refractivity contribution in [2.24, 2.45) is 0 Å².